The number of hydrogen-bond donors (Lipinski definition) is 1. The molecule has 1 saturated heterocycles. The van der Waals surface area contributed by atoms with E-state index in [9.17, 15) is 0 Å². The topological polar surface area (TPSA) is 28.2 Å². The normalized spacial score (nSPS) is 22.5. The van der Waals surface area contributed by atoms with Crippen LogP contribution < -0.4 is 5.32 Å². The van der Waals surface area contributed by atoms with Gasteiger partial charge in [0.25, 0.3) is 0 Å². The Bertz CT molecular complexity index is 273. The monoisotopic (exact) mass is 191 g/mol. The molecule has 1 N–H and O–H groups in total. The fraction of sp³-hybridized carbons (Fsp3) is 0.545. The number of hydrogen-bond acceptors (Lipinski definition) is 3. The molecule has 0 radical (unpaired) electrons. The summed E-state index contributed by atoms with van der Waals surface area (Å²) in [6.07, 6.45) is 6.29. The van der Waals surface area contributed by atoms with E-state index in [0.29, 0.717) is 6.04 Å². The molecule has 1 aliphatic heterocycles. The average Bonchev–Trinajstić information content (AvgIpc) is 2.63. The summed E-state index contributed by atoms with van der Waals surface area (Å²) in [6, 6.07) is 4.72. The van der Waals surface area contributed by atoms with Crippen molar-refractivity contribution < 1.29 is 0 Å². The smallest absolute Gasteiger partial charge is 0.0371 e. The number of anilines is 1. The Labute approximate surface area is 85.1 Å². The van der Waals surface area contributed by atoms with Gasteiger partial charge in [-0.2, -0.15) is 0 Å². The molecular weight excluding hydrogens is 174 g/mol. The summed E-state index contributed by atoms with van der Waals surface area (Å²) in [7, 11) is 2.20. The van der Waals surface area contributed by atoms with Crippen molar-refractivity contribution >= 4 is 5.69 Å². The highest BCUT2D eigenvalue weighted by Crippen LogP contribution is 2.15. The third-order valence-corrected chi connectivity index (χ3v) is 2.89. The molecule has 0 aromatic carbocycles. The highest BCUT2D eigenvalue weighted by atomic mass is 15.2. The van der Waals surface area contributed by atoms with Crippen molar-refractivity contribution in [1.82, 2.24) is 9.88 Å². The molecule has 0 aliphatic carbocycles. The Morgan fingerprint density at radius 1 is 1.50 bits per heavy atom. The van der Waals surface area contributed by atoms with E-state index in [1.54, 1.807) is 0 Å². The predicted molar refractivity (Wildman–Crippen MR) is 58.4 cm³/mol. The van der Waals surface area contributed by atoms with Crippen LogP contribution in [0.2, 0.25) is 0 Å². The Kier molecular flexibility index (Phi) is 2.99. The standard InChI is InChI=1S/C11H17N3/c1-14-8-2-3-11(14)9-13-10-4-6-12-7-5-10/h4-7,11H,2-3,8-9H2,1H3,(H,12,13). The SMILES string of the molecule is CN1CCCC1CNc1ccncc1. The predicted octanol–water partition coefficient (Wildman–Crippen LogP) is 1.59. The fourth-order valence-electron chi connectivity index (χ4n) is 1.94. The van der Waals surface area contributed by atoms with Gasteiger partial charge < -0.3 is 10.2 Å². The van der Waals surface area contributed by atoms with Gasteiger partial charge in [0, 0.05) is 30.7 Å². The molecule has 76 valence electrons. The second kappa shape index (κ2) is 4.42. The molecule has 0 spiro atoms. The minimum absolute atomic E-state index is 0.697. The van der Waals surface area contributed by atoms with E-state index in [4.69, 9.17) is 0 Å². The first-order chi connectivity index (χ1) is 6.86. The molecule has 0 amide bonds. The summed E-state index contributed by atoms with van der Waals surface area (Å²) in [4.78, 5) is 6.41. The Hall–Kier alpha value is -1.09. The van der Waals surface area contributed by atoms with Gasteiger partial charge >= 0.3 is 0 Å². The van der Waals surface area contributed by atoms with Crippen LogP contribution in [0.5, 0.6) is 0 Å². The molecule has 3 heteroatoms. The summed E-state index contributed by atoms with van der Waals surface area (Å²) in [5.41, 5.74) is 1.17. The molecule has 1 fully saturated rings. The van der Waals surface area contributed by atoms with Gasteiger partial charge in [-0.3, -0.25) is 4.98 Å². The lowest BCUT2D eigenvalue weighted by Crippen LogP contribution is -2.31. The van der Waals surface area contributed by atoms with Crippen LogP contribution in [0.4, 0.5) is 5.69 Å². The van der Waals surface area contributed by atoms with Crippen LogP contribution in [-0.4, -0.2) is 36.1 Å². The summed E-state index contributed by atoms with van der Waals surface area (Å²) in [5.74, 6) is 0. The summed E-state index contributed by atoms with van der Waals surface area (Å²) in [6.45, 7) is 2.28. The lowest BCUT2D eigenvalue weighted by Gasteiger charge is -2.20. The van der Waals surface area contributed by atoms with Crippen LogP contribution in [0.3, 0.4) is 0 Å². The Morgan fingerprint density at radius 2 is 2.29 bits per heavy atom. The van der Waals surface area contributed by atoms with E-state index in [0.717, 1.165) is 6.54 Å². The van der Waals surface area contributed by atoms with E-state index >= 15 is 0 Å². The van der Waals surface area contributed by atoms with Gasteiger partial charge in [0.05, 0.1) is 0 Å². The van der Waals surface area contributed by atoms with Crippen LogP contribution >= 0.6 is 0 Å². The zero-order valence-corrected chi connectivity index (χ0v) is 8.61. The van der Waals surface area contributed by atoms with Gasteiger partial charge in [0.2, 0.25) is 0 Å². The van der Waals surface area contributed by atoms with Crippen molar-refractivity contribution in [2.45, 2.75) is 18.9 Å². The highest BCUT2D eigenvalue weighted by molar-refractivity contribution is 5.40. The van der Waals surface area contributed by atoms with Crippen molar-refractivity contribution in [2.75, 3.05) is 25.5 Å². The van der Waals surface area contributed by atoms with E-state index in [2.05, 4.69) is 22.2 Å². The van der Waals surface area contributed by atoms with Crippen LogP contribution in [0, 0.1) is 0 Å². The molecular formula is C11H17N3. The van der Waals surface area contributed by atoms with E-state index in [1.807, 2.05) is 24.5 Å². The first-order valence-electron chi connectivity index (χ1n) is 5.20. The van der Waals surface area contributed by atoms with Crippen molar-refractivity contribution in [2.24, 2.45) is 0 Å². The van der Waals surface area contributed by atoms with Crippen LogP contribution in [-0.2, 0) is 0 Å². The number of pyridine rings is 1. The van der Waals surface area contributed by atoms with Crippen LogP contribution in [0.1, 0.15) is 12.8 Å². The van der Waals surface area contributed by atoms with Gasteiger partial charge in [-0.05, 0) is 38.6 Å². The molecule has 1 aromatic heterocycles. The summed E-state index contributed by atoms with van der Waals surface area (Å²) >= 11 is 0. The largest absolute Gasteiger partial charge is 0.383 e. The minimum Gasteiger partial charge on any atom is -0.383 e. The molecule has 14 heavy (non-hydrogen) atoms. The second-order valence-corrected chi connectivity index (χ2v) is 3.89. The van der Waals surface area contributed by atoms with Gasteiger partial charge in [-0.25, -0.2) is 0 Å². The Morgan fingerprint density at radius 3 is 2.93 bits per heavy atom. The third kappa shape index (κ3) is 2.23. The molecule has 1 unspecified atom stereocenters. The van der Waals surface area contributed by atoms with Crippen LogP contribution in [0.25, 0.3) is 0 Å². The zero-order chi connectivity index (χ0) is 9.80. The number of aromatic nitrogens is 1. The van der Waals surface area contributed by atoms with Gasteiger partial charge in [0.15, 0.2) is 0 Å². The van der Waals surface area contributed by atoms with E-state index in [-0.39, 0.29) is 0 Å². The van der Waals surface area contributed by atoms with Crippen molar-refractivity contribution in [1.29, 1.82) is 0 Å². The minimum atomic E-state index is 0.697. The highest BCUT2D eigenvalue weighted by Gasteiger charge is 2.19. The number of likely N-dealkylation sites (tertiary alicyclic amines) is 1. The zero-order valence-electron chi connectivity index (χ0n) is 8.61. The molecule has 2 rings (SSSR count). The number of likely N-dealkylation sites (N-methyl/N-ethyl adjacent to an activating group) is 1. The number of nitrogens with one attached hydrogen (secondary N) is 1. The maximum absolute atomic E-state index is 3.99. The lowest BCUT2D eigenvalue weighted by atomic mass is 10.2. The molecule has 2 heterocycles. The van der Waals surface area contributed by atoms with Gasteiger partial charge in [-0.15, -0.1) is 0 Å². The number of nitrogens with zero attached hydrogens (tertiary/aromatic N) is 2. The van der Waals surface area contributed by atoms with E-state index < -0.39 is 0 Å². The molecule has 0 saturated carbocycles. The van der Waals surface area contributed by atoms with Crippen molar-refractivity contribution in [3.8, 4) is 0 Å². The maximum Gasteiger partial charge on any atom is 0.0371 e. The first-order valence-corrected chi connectivity index (χ1v) is 5.20. The quantitative estimate of drug-likeness (QED) is 0.786. The van der Waals surface area contributed by atoms with Crippen molar-refractivity contribution in [3.05, 3.63) is 24.5 Å². The molecule has 1 aromatic rings. The summed E-state index contributed by atoms with van der Waals surface area (Å²) in [5, 5.41) is 3.44. The van der Waals surface area contributed by atoms with Crippen LogP contribution in [0.15, 0.2) is 24.5 Å². The fourth-order valence-corrected chi connectivity index (χ4v) is 1.94. The Balaban J connectivity index is 1.82. The molecule has 0 bridgehead atoms. The first kappa shape index (κ1) is 9.46. The second-order valence-electron chi connectivity index (χ2n) is 3.89. The van der Waals surface area contributed by atoms with Crippen molar-refractivity contribution in [3.63, 3.8) is 0 Å². The van der Waals surface area contributed by atoms with Gasteiger partial charge in [0.1, 0.15) is 0 Å². The number of rotatable bonds is 3. The maximum atomic E-state index is 3.99. The molecule has 1 aliphatic rings. The van der Waals surface area contributed by atoms with E-state index in [1.165, 1.54) is 25.1 Å². The third-order valence-electron chi connectivity index (χ3n) is 2.89. The molecule has 1 atom stereocenters. The molecule has 3 nitrogen and oxygen atoms in total. The summed E-state index contributed by atoms with van der Waals surface area (Å²) < 4.78 is 0. The average molecular weight is 191 g/mol. The lowest BCUT2D eigenvalue weighted by molar-refractivity contribution is 0.322. The van der Waals surface area contributed by atoms with Gasteiger partial charge in [-0.1, -0.05) is 0 Å².